The number of benzene rings is 1. The molecular weight excluding hydrogens is 365 g/mol. The highest BCUT2D eigenvalue weighted by atomic mass is 35.5. The zero-order chi connectivity index (χ0) is 17.6. The molecule has 0 saturated heterocycles. The predicted octanol–water partition coefficient (Wildman–Crippen LogP) is 3.67. The molecule has 0 unspecified atom stereocenters. The van der Waals surface area contributed by atoms with Gasteiger partial charge in [0.05, 0.1) is 16.6 Å². The lowest BCUT2D eigenvalue weighted by Crippen LogP contribution is -2.19. The van der Waals surface area contributed by atoms with Gasteiger partial charge < -0.3 is 9.67 Å². The monoisotopic (exact) mass is 370 g/mol. The fourth-order valence-electron chi connectivity index (χ4n) is 2.27. The Morgan fingerprint density at radius 3 is 2.58 bits per heavy atom. The molecule has 2 heterocycles. The predicted molar refractivity (Wildman–Crippen MR) is 84.2 cm³/mol. The van der Waals surface area contributed by atoms with Gasteiger partial charge in [0, 0.05) is 18.5 Å². The van der Waals surface area contributed by atoms with E-state index in [2.05, 4.69) is 4.98 Å². The van der Waals surface area contributed by atoms with E-state index in [0.29, 0.717) is 6.07 Å². The van der Waals surface area contributed by atoms with Gasteiger partial charge in [0.15, 0.2) is 0 Å². The summed E-state index contributed by atoms with van der Waals surface area (Å²) in [5, 5.41) is 8.72. The van der Waals surface area contributed by atoms with Crippen LogP contribution >= 0.6 is 23.2 Å². The van der Waals surface area contributed by atoms with E-state index < -0.39 is 28.6 Å². The Kier molecular flexibility index (Phi) is 3.98. The van der Waals surface area contributed by atoms with Crippen molar-refractivity contribution in [1.29, 1.82) is 0 Å². The number of fused-ring (bicyclic) bond motifs is 1. The summed E-state index contributed by atoms with van der Waals surface area (Å²) in [6.45, 7) is 0. The molecule has 0 bridgehead atoms. The van der Waals surface area contributed by atoms with E-state index in [1.165, 1.54) is 0 Å². The molecule has 0 aliphatic carbocycles. The molecule has 24 heavy (non-hydrogen) atoms. The van der Waals surface area contributed by atoms with Crippen LogP contribution < -0.4 is 5.43 Å². The number of rotatable bonds is 2. The van der Waals surface area contributed by atoms with Crippen LogP contribution in [0, 0.1) is 11.6 Å². The molecule has 5 nitrogen and oxygen atoms in total. The molecule has 0 radical (unpaired) electrons. The Labute approximate surface area is 142 Å². The standard InChI is InChI=1S/C15H6Cl2F2N2O3/c16-11-12-7(4-20-14(11)17)13(22)8(15(23)24)5-21(12)10-2-1-6(18)3-9(10)19/h1-5H,(H,23,24). The average molecular weight is 371 g/mol. The van der Waals surface area contributed by atoms with Crippen LogP contribution in [0.3, 0.4) is 0 Å². The van der Waals surface area contributed by atoms with Crippen molar-refractivity contribution in [3.63, 3.8) is 0 Å². The number of carboxylic acids is 1. The fourth-order valence-corrected chi connectivity index (χ4v) is 2.65. The summed E-state index contributed by atoms with van der Waals surface area (Å²) in [7, 11) is 0. The number of hydrogen-bond acceptors (Lipinski definition) is 3. The van der Waals surface area contributed by atoms with Gasteiger partial charge in [0.25, 0.3) is 0 Å². The first kappa shape index (κ1) is 16.4. The van der Waals surface area contributed by atoms with E-state index in [1.807, 2.05) is 0 Å². The average Bonchev–Trinajstić information content (AvgIpc) is 2.51. The van der Waals surface area contributed by atoms with Crippen LogP contribution in [-0.2, 0) is 0 Å². The largest absolute Gasteiger partial charge is 0.477 e. The first-order valence-electron chi connectivity index (χ1n) is 6.39. The van der Waals surface area contributed by atoms with Crippen molar-refractivity contribution >= 4 is 40.1 Å². The Morgan fingerprint density at radius 1 is 1.25 bits per heavy atom. The molecular formula is C15H6Cl2F2N2O3. The van der Waals surface area contributed by atoms with Gasteiger partial charge in [-0.1, -0.05) is 23.2 Å². The summed E-state index contributed by atoms with van der Waals surface area (Å²) in [6.07, 6.45) is 1.96. The zero-order valence-corrected chi connectivity index (χ0v) is 13.1. The van der Waals surface area contributed by atoms with Crippen molar-refractivity contribution in [2.75, 3.05) is 0 Å². The van der Waals surface area contributed by atoms with Gasteiger partial charge in [-0.2, -0.15) is 0 Å². The number of nitrogens with zero attached hydrogens (tertiary/aromatic N) is 2. The molecule has 9 heteroatoms. The van der Waals surface area contributed by atoms with Gasteiger partial charge >= 0.3 is 5.97 Å². The number of hydrogen-bond donors (Lipinski definition) is 1. The summed E-state index contributed by atoms with van der Waals surface area (Å²) < 4.78 is 28.3. The Balaban J connectivity index is 2.54. The van der Waals surface area contributed by atoms with Crippen LogP contribution in [0.2, 0.25) is 10.2 Å². The summed E-state index contributed by atoms with van der Waals surface area (Å²) >= 11 is 11.9. The zero-order valence-electron chi connectivity index (χ0n) is 11.6. The summed E-state index contributed by atoms with van der Waals surface area (Å²) in [4.78, 5) is 27.3. The minimum absolute atomic E-state index is 0.0304. The van der Waals surface area contributed by atoms with E-state index in [-0.39, 0.29) is 26.8 Å². The minimum atomic E-state index is -1.51. The third kappa shape index (κ3) is 2.51. The van der Waals surface area contributed by atoms with Gasteiger partial charge in [-0.3, -0.25) is 4.79 Å². The molecule has 122 valence electrons. The molecule has 0 atom stereocenters. The van der Waals surface area contributed by atoms with Crippen molar-refractivity contribution in [3.8, 4) is 5.69 Å². The lowest BCUT2D eigenvalue weighted by Gasteiger charge is -2.14. The van der Waals surface area contributed by atoms with Crippen molar-refractivity contribution in [2.45, 2.75) is 0 Å². The SMILES string of the molecule is O=C(O)c1cn(-c2ccc(F)cc2F)c2c(Cl)c(Cl)ncc2c1=O. The van der Waals surface area contributed by atoms with E-state index in [0.717, 1.165) is 29.1 Å². The number of carboxylic acid groups (broad SMARTS) is 1. The number of pyridine rings is 2. The first-order chi connectivity index (χ1) is 11.3. The quantitative estimate of drug-likeness (QED) is 0.698. The lowest BCUT2D eigenvalue weighted by molar-refractivity contribution is 0.0695. The second-order valence-electron chi connectivity index (χ2n) is 4.77. The summed E-state index contributed by atoms with van der Waals surface area (Å²) in [6, 6.07) is 2.70. The summed E-state index contributed by atoms with van der Waals surface area (Å²) in [5.41, 5.74) is -1.70. The van der Waals surface area contributed by atoms with Crippen LogP contribution in [0.4, 0.5) is 8.78 Å². The van der Waals surface area contributed by atoms with Gasteiger partial charge in [-0.25, -0.2) is 18.6 Å². The maximum Gasteiger partial charge on any atom is 0.341 e. The number of halogens is 4. The first-order valence-corrected chi connectivity index (χ1v) is 7.15. The molecule has 0 aliphatic heterocycles. The number of aromatic carboxylic acids is 1. The van der Waals surface area contributed by atoms with Crippen molar-refractivity contribution < 1.29 is 18.7 Å². The van der Waals surface area contributed by atoms with Crippen LogP contribution in [0.25, 0.3) is 16.6 Å². The highest BCUT2D eigenvalue weighted by Crippen LogP contribution is 2.30. The number of aromatic nitrogens is 2. The second kappa shape index (κ2) is 5.85. The smallest absolute Gasteiger partial charge is 0.341 e. The van der Waals surface area contributed by atoms with Gasteiger partial charge in [-0.05, 0) is 12.1 Å². The van der Waals surface area contributed by atoms with Crippen LogP contribution in [0.5, 0.6) is 0 Å². The molecule has 3 rings (SSSR count). The Bertz CT molecular complexity index is 1070. The fraction of sp³-hybridized carbons (Fsp3) is 0. The molecule has 2 aromatic heterocycles. The molecule has 0 aliphatic rings. The maximum absolute atomic E-state index is 14.2. The third-order valence-electron chi connectivity index (χ3n) is 3.34. The molecule has 0 spiro atoms. The molecule has 0 saturated carbocycles. The maximum atomic E-state index is 14.2. The Morgan fingerprint density at radius 2 is 1.96 bits per heavy atom. The topological polar surface area (TPSA) is 72.2 Å². The van der Waals surface area contributed by atoms with E-state index in [9.17, 15) is 23.5 Å². The molecule has 1 aromatic carbocycles. The van der Waals surface area contributed by atoms with Crippen LogP contribution in [0.1, 0.15) is 10.4 Å². The molecule has 1 N–H and O–H groups in total. The Hall–Kier alpha value is -2.51. The van der Waals surface area contributed by atoms with Crippen LogP contribution in [0.15, 0.2) is 35.4 Å². The highest BCUT2D eigenvalue weighted by molar-refractivity contribution is 6.44. The van der Waals surface area contributed by atoms with E-state index >= 15 is 0 Å². The minimum Gasteiger partial charge on any atom is -0.477 e. The lowest BCUT2D eigenvalue weighted by atomic mass is 10.1. The van der Waals surface area contributed by atoms with Gasteiger partial charge in [-0.15, -0.1) is 0 Å². The normalized spacial score (nSPS) is 11.0. The van der Waals surface area contributed by atoms with Crippen molar-refractivity contribution in [2.24, 2.45) is 0 Å². The second-order valence-corrected chi connectivity index (χ2v) is 5.50. The van der Waals surface area contributed by atoms with Gasteiger partial charge in [0.2, 0.25) is 5.43 Å². The molecule has 0 fully saturated rings. The summed E-state index contributed by atoms with van der Waals surface area (Å²) in [5.74, 6) is -3.30. The van der Waals surface area contributed by atoms with Crippen LogP contribution in [-0.4, -0.2) is 20.6 Å². The van der Waals surface area contributed by atoms with Crippen molar-refractivity contribution in [1.82, 2.24) is 9.55 Å². The number of carbonyl (C=O) groups is 1. The van der Waals surface area contributed by atoms with Crippen molar-refractivity contribution in [3.05, 3.63) is 68.2 Å². The van der Waals surface area contributed by atoms with E-state index in [4.69, 9.17) is 23.2 Å². The molecule has 0 amide bonds. The van der Waals surface area contributed by atoms with E-state index in [1.54, 1.807) is 0 Å². The van der Waals surface area contributed by atoms with Gasteiger partial charge in [0.1, 0.15) is 27.4 Å². The molecule has 3 aromatic rings. The highest BCUT2D eigenvalue weighted by Gasteiger charge is 2.20. The third-order valence-corrected chi connectivity index (χ3v) is 4.08.